The van der Waals surface area contributed by atoms with Crippen LogP contribution < -0.4 is 5.73 Å². The van der Waals surface area contributed by atoms with Crippen molar-refractivity contribution >= 4 is 9.84 Å². The van der Waals surface area contributed by atoms with E-state index in [4.69, 9.17) is 5.73 Å². The molecule has 2 N–H and O–H groups in total. The molecule has 86 valence electrons. The van der Waals surface area contributed by atoms with Gasteiger partial charge < -0.3 is 5.73 Å². The highest BCUT2D eigenvalue weighted by Gasteiger charge is 2.06. The van der Waals surface area contributed by atoms with Gasteiger partial charge in [0.05, 0.1) is 11.9 Å². The van der Waals surface area contributed by atoms with Gasteiger partial charge in [0.1, 0.15) is 9.84 Å². The van der Waals surface area contributed by atoms with Crippen LogP contribution in [0.5, 0.6) is 0 Å². The Morgan fingerprint density at radius 3 is 2.67 bits per heavy atom. The number of hydrogen-bond acceptors (Lipinski definition) is 4. The van der Waals surface area contributed by atoms with Gasteiger partial charge in [-0.25, -0.2) is 8.42 Å². The van der Waals surface area contributed by atoms with Crippen molar-refractivity contribution in [2.45, 2.75) is 26.4 Å². The van der Waals surface area contributed by atoms with Crippen molar-refractivity contribution in [1.82, 2.24) is 9.78 Å². The van der Waals surface area contributed by atoms with Crippen LogP contribution in [0, 0.1) is 6.92 Å². The number of aryl methyl sites for hydroxylation is 1. The molecule has 0 unspecified atom stereocenters. The molecular weight excluding hydrogens is 214 g/mol. The Hall–Kier alpha value is -0.880. The Balaban J connectivity index is 2.55. The molecule has 0 aliphatic rings. The Kier molecular flexibility index (Phi) is 3.87. The highest BCUT2D eigenvalue weighted by atomic mass is 32.2. The lowest BCUT2D eigenvalue weighted by molar-refractivity contribution is 0.568. The molecule has 1 aromatic rings. The van der Waals surface area contributed by atoms with Gasteiger partial charge in [-0.05, 0) is 13.3 Å². The second kappa shape index (κ2) is 4.76. The molecule has 5 nitrogen and oxygen atoms in total. The van der Waals surface area contributed by atoms with E-state index >= 15 is 0 Å². The first-order valence-electron chi connectivity index (χ1n) is 4.83. The molecule has 0 aliphatic heterocycles. The second-order valence-electron chi connectivity index (χ2n) is 3.67. The summed E-state index contributed by atoms with van der Waals surface area (Å²) in [6, 6.07) is 0. The largest absolute Gasteiger partial charge is 0.326 e. The molecule has 1 aromatic heterocycles. The van der Waals surface area contributed by atoms with Gasteiger partial charge in [-0.2, -0.15) is 5.10 Å². The number of aromatic nitrogens is 2. The van der Waals surface area contributed by atoms with Gasteiger partial charge in [0.2, 0.25) is 0 Å². The van der Waals surface area contributed by atoms with E-state index in [1.807, 2.05) is 6.92 Å². The predicted octanol–water partition coefficient (Wildman–Crippen LogP) is 0.0849. The maximum Gasteiger partial charge on any atom is 0.147 e. The molecule has 0 saturated heterocycles. The van der Waals surface area contributed by atoms with Crippen molar-refractivity contribution in [3.63, 3.8) is 0 Å². The van der Waals surface area contributed by atoms with Crippen LogP contribution >= 0.6 is 0 Å². The third-order valence-electron chi connectivity index (χ3n) is 2.31. The average molecular weight is 231 g/mol. The first kappa shape index (κ1) is 12.2. The Morgan fingerprint density at radius 1 is 1.53 bits per heavy atom. The van der Waals surface area contributed by atoms with E-state index in [-0.39, 0.29) is 5.75 Å². The van der Waals surface area contributed by atoms with E-state index in [0.29, 0.717) is 19.5 Å². The lowest BCUT2D eigenvalue weighted by atomic mass is 10.3. The summed E-state index contributed by atoms with van der Waals surface area (Å²) in [5, 5.41) is 4.15. The van der Waals surface area contributed by atoms with Gasteiger partial charge in [0, 0.05) is 30.6 Å². The lowest BCUT2D eigenvalue weighted by Crippen LogP contribution is -2.09. The fourth-order valence-electron chi connectivity index (χ4n) is 1.39. The molecule has 1 rings (SSSR count). The predicted molar refractivity (Wildman–Crippen MR) is 59.2 cm³/mol. The summed E-state index contributed by atoms with van der Waals surface area (Å²) >= 11 is 0. The third-order valence-corrected chi connectivity index (χ3v) is 3.34. The molecule has 6 heteroatoms. The van der Waals surface area contributed by atoms with Crippen LogP contribution in [0.1, 0.15) is 17.7 Å². The summed E-state index contributed by atoms with van der Waals surface area (Å²) in [6.45, 7) is 3.03. The van der Waals surface area contributed by atoms with E-state index in [9.17, 15) is 8.42 Å². The molecular formula is C9H17N3O2S. The average Bonchev–Trinajstić information content (AvgIpc) is 2.46. The van der Waals surface area contributed by atoms with Crippen molar-refractivity contribution in [2.24, 2.45) is 5.73 Å². The van der Waals surface area contributed by atoms with Crippen LogP contribution in [0.2, 0.25) is 0 Å². The summed E-state index contributed by atoms with van der Waals surface area (Å²) in [5.41, 5.74) is 7.54. The van der Waals surface area contributed by atoms with Crippen molar-refractivity contribution in [1.29, 1.82) is 0 Å². The van der Waals surface area contributed by atoms with E-state index in [0.717, 1.165) is 11.3 Å². The van der Waals surface area contributed by atoms with Gasteiger partial charge in [-0.1, -0.05) is 0 Å². The minimum absolute atomic E-state index is 0.199. The normalized spacial score (nSPS) is 11.9. The van der Waals surface area contributed by atoms with Gasteiger partial charge in [-0.3, -0.25) is 4.68 Å². The fourth-order valence-corrected chi connectivity index (χ4v) is 2.04. The standard InChI is InChI=1S/C9H17N3O2S/c1-8-9(6-10)7-11-12(8)4-3-5-15(2,13)14/h7H,3-6,10H2,1-2H3. The molecule has 1 heterocycles. The minimum atomic E-state index is -2.87. The number of rotatable bonds is 5. The molecule has 0 fully saturated rings. The van der Waals surface area contributed by atoms with Crippen molar-refractivity contribution in [3.8, 4) is 0 Å². The topological polar surface area (TPSA) is 78.0 Å². The van der Waals surface area contributed by atoms with Crippen molar-refractivity contribution < 1.29 is 8.42 Å². The molecule has 0 aromatic carbocycles. The summed E-state index contributed by atoms with van der Waals surface area (Å²) in [6.07, 6.45) is 3.56. The van der Waals surface area contributed by atoms with Crippen molar-refractivity contribution in [2.75, 3.05) is 12.0 Å². The highest BCUT2D eigenvalue weighted by Crippen LogP contribution is 2.06. The maximum absolute atomic E-state index is 10.9. The van der Waals surface area contributed by atoms with Crippen molar-refractivity contribution in [3.05, 3.63) is 17.5 Å². The molecule has 0 radical (unpaired) electrons. The smallest absolute Gasteiger partial charge is 0.147 e. The molecule has 15 heavy (non-hydrogen) atoms. The number of sulfone groups is 1. The van der Waals surface area contributed by atoms with Crippen LogP contribution in [-0.4, -0.2) is 30.2 Å². The zero-order valence-corrected chi connectivity index (χ0v) is 9.92. The number of nitrogens with zero attached hydrogens (tertiary/aromatic N) is 2. The van der Waals surface area contributed by atoms with E-state index in [1.54, 1.807) is 10.9 Å². The Bertz CT molecular complexity index is 423. The number of nitrogens with two attached hydrogens (primary N) is 1. The third kappa shape index (κ3) is 3.64. The maximum atomic E-state index is 10.9. The summed E-state index contributed by atoms with van der Waals surface area (Å²) in [4.78, 5) is 0. The van der Waals surface area contributed by atoms with Gasteiger partial charge in [0.25, 0.3) is 0 Å². The Labute approximate surface area is 90.2 Å². The van der Waals surface area contributed by atoms with E-state index in [2.05, 4.69) is 5.10 Å². The van der Waals surface area contributed by atoms with Crippen LogP contribution in [0.15, 0.2) is 6.20 Å². The van der Waals surface area contributed by atoms with Gasteiger partial charge in [-0.15, -0.1) is 0 Å². The lowest BCUT2D eigenvalue weighted by Gasteiger charge is -2.04. The molecule has 0 spiro atoms. The second-order valence-corrected chi connectivity index (χ2v) is 5.93. The van der Waals surface area contributed by atoms with Gasteiger partial charge >= 0.3 is 0 Å². The first-order valence-corrected chi connectivity index (χ1v) is 6.89. The molecule has 0 saturated carbocycles. The number of hydrogen-bond donors (Lipinski definition) is 1. The van der Waals surface area contributed by atoms with Gasteiger partial charge in [0.15, 0.2) is 0 Å². The Morgan fingerprint density at radius 2 is 2.20 bits per heavy atom. The zero-order valence-electron chi connectivity index (χ0n) is 9.10. The molecule has 0 aliphatic carbocycles. The molecule has 0 atom stereocenters. The minimum Gasteiger partial charge on any atom is -0.326 e. The highest BCUT2D eigenvalue weighted by molar-refractivity contribution is 7.90. The SMILES string of the molecule is Cc1c(CN)cnn1CCCS(C)(=O)=O. The first-order chi connectivity index (χ1) is 6.94. The van der Waals surface area contributed by atoms with E-state index in [1.165, 1.54) is 6.26 Å². The molecule has 0 amide bonds. The zero-order chi connectivity index (χ0) is 11.5. The fraction of sp³-hybridized carbons (Fsp3) is 0.667. The summed E-state index contributed by atoms with van der Waals surface area (Å²) in [7, 11) is -2.87. The molecule has 0 bridgehead atoms. The quantitative estimate of drug-likeness (QED) is 0.778. The van der Waals surface area contributed by atoms with Crippen LogP contribution in [-0.2, 0) is 22.9 Å². The van der Waals surface area contributed by atoms with Crippen LogP contribution in [0.25, 0.3) is 0 Å². The van der Waals surface area contributed by atoms with Crippen LogP contribution in [0.4, 0.5) is 0 Å². The van der Waals surface area contributed by atoms with E-state index < -0.39 is 9.84 Å². The summed E-state index contributed by atoms with van der Waals surface area (Å²) in [5.74, 6) is 0.199. The summed E-state index contributed by atoms with van der Waals surface area (Å²) < 4.78 is 23.6. The van der Waals surface area contributed by atoms with Crippen LogP contribution in [0.3, 0.4) is 0 Å². The monoisotopic (exact) mass is 231 g/mol.